The SMILES string of the molecule is CCC1(CO)CCN(/C(=C/C#N)c2ccc([N+](=O)[O-])cc2)CC1. The van der Waals surface area contributed by atoms with E-state index in [2.05, 4.69) is 17.9 Å². The van der Waals surface area contributed by atoms with Crippen LogP contribution in [0.15, 0.2) is 30.3 Å². The zero-order chi connectivity index (χ0) is 16.9. The van der Waals surface area contributed by atoms with Crippen LogP contribution in [-0.2, 0) is 0 Å². The van der Waals surface area contributed by atoms with Gasteiger partial charge in [-0.2, -0.15) is 5.26 Å². The summed E-state index contributed by atoms with van der Waals surface area (Å²) in [5, 5.41) is 29.4. The van der Waals surface area contributed by atoms with E-state index in [4.69, 9.17) is 5.26 Å². The number of nitro groups is 1. The lowest BCUT2D eigenvalue weighted by molar-refractivity contribution is -0.384. The van der Waals surface area contributed by atoms with Crippen molar-refractivity contribution in [3.63, 3.8) is 0 Å². The molecule has 1 fully saturated rings. The quantitative estimate of drug-likeness (QED) is 0.512. The number of hydrogen-bond acceptors (Lipinski definition) is 5. The van der Waals surface area contributed by atoms with E-state index in [1.165, 1.54) is 18.2 Å². The number of likely N-dealkylation sites (tertiary alicyclic amines) is 1. The van der Waals surface area contributed by atoms with Crippen LogP contribution < -0.4 is 0 Å². The van der Waals surface area contributed by atoms with Gasteiger partial charge in [0, 0.05) is 37.9 Å². The summed E-state index contributed by atoms with van der Waals surface area (Å²) in [7, 11) is 0. The number of allylic oxidation sites excluding steroid dienone is 1. The number of non-ortho nitro benzene ring substituents is 1. The summed E-state index contributed by atoms with van der Waals surface area (Å²) in [5.41, 5.74) is 1.59. The van der Waals surface area contributed by atoms with Crippen molar-refractivity contribution < 1.29 is 10.0 Å². The van der Waals surface area contributed by atoms with E-state index >= 15 is 0 Å². The second kappa shape index (κ2) is 7.25. The fraction of sp³-hybridized carbons (Fsp3) is 0.471. The number of nitrogens with zero attached hydrogens (tertiary/aromatic N) is 3. The van der Waals surface area contributed by atoms with Gasteiger partial charge in [0.25, 0.3) is 5.69 Å². The van der Waals surface area contributed by atoms with Gasteiger partial charge in [-0.1, -0.05) is 6.92 Å². The van der Waals surface area contributed by atoms with E-state index in [0.717, 1.165) is 43.6 Å². The van der Waals surface area contributed by atoms with Crippen LogP contribution in [0.2, 0.25) is 0 Å². The van der Waals surface area contributed by atoms with Gasteiger partial charge in [0.2, 0.25) is 0 Å². The lowest BCUT2D eigenvalue weighted by Crippen LogP contribution is -2.40. The predicted molar refractivity (Wildman–Crippen MR) is 87.3 cm³/mol. The third-order valence-electron chi connectivity index (χ3n) is 4.83. The highest BCUT2D eigenvalue weighted by Gasteiger charge is 2.33. The largest absolute Gasteiger partial charge is 0.396 e. The Hall–Kier alpha value is -2.39. The molecule has 6 nitrogen and oxygen atoms in total. The fourth-order valence-electron chi connectivity index (χ4n) is 3.02. The van der Waals surface area contributed by atoms with Crippen molar-refractivity contribution in [3.8, 4) is 6.07 Å². The molecule has 1 aliphatic heterocycles. The van der Waals surface area contributed by atoms with Gasteiger partial charge in [-0.05, 0) is 42.4 Å². The highest BCUT2D eigenvalue weighted by atomic mass is 16.6. The van der Waals surface area contributed by atoms with Gasteiger partial charge in [0.1, 0.15) is 0 Å². The van der Waals surface area contributed by atoms with E-state index in [1.54, 1.807) is 12.1 Å². The van der Waals surface area contributed by atoms with Crippen molar-refractivity contribution in [2.45, 2.75) is 26.2 Å². The maximum Gasteiger partial charge on any atom is 0.269 e. The summed E-state index contributed by atoms with van der Waals surface area (Å²) in [6.07, 6.45) is 4.16. The van der Waals surface area contributed by atoms with Crippen molar-refractivity contribution in [1.29, 1.82) is 5.26 Å². The molecule has 23 heavy (non-hydrogen) atoms. The zero-order valence-electron chi connectivity index (χ0n) is 13.2. The van der Waals surface area contributed by atoms with Crippen molar-refractivity contribution in [2.75, 3.05) is 19.7 Å². The summed E-state index contributed by atoms with van der Waals surface area (Å²) >= 11 is 0. The van der Waals surface area contributed by atoms with Gasteiger partial charge in [-0.25, -0.2) is 0 Å². The predicted octanol–water partition coefficient (Wildman–Crippen LogP) is 2.94. The van der Waals surface area contributed by atoms with E-state index in [9.17, 15) is 15.2 Å². The molecular weight excluding hydrogens is 294 g/mol. The van der Waals surface area contributed by atoms with E-state index in [0.29, 0.717) is 0 Å². The molecule has 1 aromatic carbocycles. The topological polar surface area (TPSA) is 90.4 Å². The van der Waals surface area contributed by atoms with Crippen molar-refractivity contribution in [3.05, 3.63) is 46.0 Å². The minimum absolute atomic E-state index is 0.0241. The van der Waals surface area contributed by atoms with Crippen LogP contribution in [0.5, 0.6) is 0 Å². The van der Waals surface area contributed by atoms with Gasteiger partial charge in [-0.15, -0.1) is 0 Å². The van der Waals surface area contributed by atoms with Crippen molar-refractivity contribution in [2.24, 2.45) is 5.41 Å². The molecule has 6 heteroatoms. The average Bonchev–Trinajstić information content (AvgIpc) is 2.60. The number of benzene rings is 1. The second-order valence-corrected chi connectivity index (χ2v) is 5.96. The van der Waals surface area contributed by atoms with E-state index < -0.39 is 4.92 Å². The van der Waals surface area contributed by atoms with Gasteiger partial charge in [-0.3, -0.25) is 10.1 Å². The van der Waals surface area contributed by atoms with Crippen LogP contribution in [0.3, 0.4) is 0 Å². The smallest absolute Gasteiger partial charge is 0.269 e. The first kappa shape index (κ1) is 17.0. The third kappa shape index (κ3) is 3.69. The zero-order valence-corrected chi connectivity index (χ0v) is 13.2. The molecule has 0 saturated carbocycles. The minimum Gasteiger partial charge on any atom is -0.396 e. The number of aliphatic hydroxyl groups is 1. The first-order valence-corrected chi connectivity index (χ1v) is 7.75. The Kier molecular flexibility index (Phi) is 5.35. The van der Waals surface area contributed by atoms with E-state index in [-0.39, 0.29) is 17.7 Å². The average molecular weight is 315 g/mol. The Morgan fingerprint density at radius 1 is 1.43 bits per heavy atom. The Balaban J connectivity index is 2.19. The lowest BCUT2D eigenvalue weighted by atomic mass is 9.77. The number of aliphatic hydroxyl groups excluding tert-OH is 1. The van der Waals surface area contributed by atoms with Crippen LogP contribution in [0, 0.1) is 26.9 Å². The van der Waals surface area contributed by atoms with Crippen LogP contribution in [0.4, 0.5) is 5.69 Å². The molecule has 0 amide bonds. The monoisotopic (exact) mass is 315 g/mol. The Morgan fingerprint density at radius 3 is 2.48 bits per heavy atom. The Labute approximate surface area is 135 Å². The molecule has 0 spiro atoms. The molecule has 2 rings (SSSR count). The van der Waals surface area contributed by atoms with Crippen LogP contribution >= 0.6 is 0 Å². The molecule has 122 valence electrons. The first-order valence-electron chi connectivity index (χ1n) is 7.75. The molecule has 0 aromatic heterocycles. The number of piperidine rings is 1. The van der Waals surface area contributed by atoms with E-state index in [1.807, 2.05) is 0 Å². The molecule has 0 unspecified atom stereocenters. The molecule has 0 atom stereocenters. The second-order valence-electron chi connectivity index (χ2n) is 5.96. The summed E-state index contributed by atoms with van der Waals surface area (Å²) < 4.78 is 0. The molecule has 1 heterocycles. The molecule has 0 radical (unpaired) electrons. The van der Waals surface area contributed by atoms with Crippen LogP contribution in [-0.4, -0.2) is 34.6 Å². The number of hydrogen-bond donors (Lipinski definition) is 1. The first-order chi connectivity index (χ1) is 11.0. The van der Waals surface area contributed by atoms with Gasteiger partial charge < -0.3 is 10.0 Å². The maximum absolute atomic E-state index is 10.8. The molecule has 1 N–H and O–H groups in total. The maximum atomic E-state index is 10.8. The molecule has 1 aliphatic rings. The molecule has 1 saturated heterocycles. The van der Waals surface area contributed by atoms with Gasteiger partial charge in [0.15, 0.2) is 0 Å². The standard InChI is InChI=1S/C17H21N3O3/c1-2-17(13-21)8-11-19(12-9-17)16(7-10-18)14-3-5-15(6-4-14)20(22)23/h3-7,21H,2,8-9,11-13H2,1H3/b16-7+. The minimum atomic E-state index is -0.435. The normalized spacial score (nSPS) is 17.6. The highest BCUT2D eigenvalue weighted by Crippen LogP contribution is 2.37. The number of rotatable bonds is 5. The Bertz CT molecular complexity index is 617. The molecule has 0 bridgehead atoms. The number of nitriles is 1. The Morgan fingerprint density at radius 2 is 2.04 bits per heavy atom. The number of nitro benzene ring substituents is 1. The fourth-order valence-corrected chi connectivity index (χ4v) is 3.02. The third-order valence-corrected chi connectivity index (χ3v) is 4.83. The van der Waals surface area contributed by atoms with Gasteiger partial charge >= 0.3 is 0 Å². The lowest BCUT2D eigenvalue weighted by Gasteiger charge is -2.42. The summed E-state index contributed by atoms with van der Waals surface area (Å²) in [6.45, 7) is 3.80. The van der Waals surface area contributed by atoms with Crippen LogP contribution in [0.1, 0.15) is 31.7 Å². The van der Waals surface area contributed by atoms with Crippen LogP contribution in [0.25, 0.3) is 5.70 Å². The molecular formula is C17H21N3O3. The summed E-state index contributed by atoms with van der Waals surface area (Å²) in [5.74, 6) is 0. The molecule has 0 aliphatic carbocycles. The van der Waals surface area contributed by atoms with Crippen molar-refractivity contribution >= 4 is 11.4 Å². The van der Waals surface area contributed by atoms with Gasteiger partial charge in [0.05, 0.1) is 16.7 Å². The summed E-state index contributed by atoms with van der Waals surface area (Å²) in [4.78, 5) is 12.4. The van der Waals surface area contributed by atoms with Crippen molar-refractivity contribution in [1.82, 2.24) is 4.90 Å². The molecule has 1 aromatic rings. The highest BCUT2D eigenvalue weighted by molar-refractivity contribution is 5.67. The summed E-state index contributed by atoms with van der Waals surface area (Å²) in [6, 6.07) is 8.32.